The number of rotatable bonds is 4. The second kappa shape index (κ2) is 7.28. The number of carbonyl (C=O) groups is 5. The minimum atomic E-state index is -1.89. The fourth-order valence-electron chi connectivity index (χ4n) is 6.90. The Morgan fingerprint density at radius 2 is 0.974 bits per heavy atom. The third-order valence-electron chi connectivity index (χ3n) is 8.79. The van der Waals surface area contributed by atoms with Gasteiger partial charge in [0.2, 0.25) is 0 Å². The normalized spacial score (nSPS) is 32.5. The van der Waals surface area contributed by atoms with Crippen LogP contribution in [0.1, 0.15) is 64.5 Å². The van der Waals surface area contributed by atoms with Crippen LogP contribution < -0.4 is 9.47 Å². The zero-order valence-electron chi connectivity index (χ0n) is 22.3. The molecule has 2 fully saturated rings. The monoisotopic (exact) mass is 514 g/mol. The van der Waals surface area contributed by atoms with Gasteiger partial charge in [-0.2, -0.15) is 0 Å². The van der Waals surface area contributed by atoms with E-state index in [1.807, 2.05) is 0 Å². The summed E-state index contributed by atoms with van der Waals surface area (Å²) in [4.78, 5) is 70.0. The van der Waals surface area contributed by atoms with Crippen LogP contribution in [0.5, 0.6) is 11.5 Å². The van der Waals surface area contributed by atoms with E-state index in [2.05, 4.69) is 0 Å². The molecule has 38 heavy (non-hydrogen) atoms. The van der Waals surface area contributed by atoms with Crippen molar-refractivity contribution in [3.63, 3.8) is 0 Å². The lowest BCUT2D eigenvalue weighted by Crippen LogP contribution is -2.48. The number of hydrogen-bond acceptors (Lipinski definition) is 7. The molecule has 0 spiro atoms. The average molecular weight is 515 g/mol. The number of ether oxygens (including phenoxy) is 2. The molecule has 0 unspecified atom stereocenters. The predicted octanol–water partition coefficient (Wildman–Crippen LogP) is 4.42. The summed E-state index contributed by atoms with van der Waals surface area (Å²) >= 11 is 0. The van der Waals surface area contributed by atoms with Gasteiger partial charge >= 0.3 is 11.9 Å². The van der Waals surface area contributed by atoms with Crippen molar-refractivity contribution < 1.29 is 33.4 Å². The van der Waals surface area contributed by atoms with Crippen molar-refractivity contribution in [1.82, 2.24) is 0 Å². The third kappa shape index (κ3) is 2.82. The highest BCUT2D eigenvalue weighted by molar-refractivity contribution is 6.28. The van der Waals surface area contributed by atoms with E-state index in [0.29, 0.717) is 22.6 Å². The number of carbonyl (C=O) groups excluding carboxylic acids is 5. The SMILES string of the molecule is CC(C)(C)C(=O)[C@@H]1[C@H]2c3ccccc3OC(=O)[C@]12C(=O)[C@]12C(=O)Oc3ccccc3[C@H]1[C@H]2C(=O)C(C)(C)C. The summed E-state index contributed by atoms with van der Waals surface area (Å²) in [5, 5.41) is 0. The highest BCUT2D eigenvalue weighted by Gasteiger charge is 2.90. The Kier molecular flexibility index (Phi) is 4.73. The molecule has 6 rings (SSSR count). The number of Topliss-reactive ketones (excluding diaryl/α,β-unsaturated/α-hetero) is 3. The van der Waals surface area contributed by atoms with Gasteiger partial charge in [-0.25, -0.2) is 0 Å². The lowest BCUT2D eigenvalue weighted by Gasteiger charge is -2.29. The van der Waals surface area contributed by atoms with E-state index in [1.54, 1.807) is 90.1 Å². The first kappa shape index (κ1) is 24.7. The zero-order chi connectivity index (χ0) is 27.6. The van der Waals surface area contributed by atoms with Crippen LogP contribution in [0, 0.1) is 33.5 Å². The van der Waals surface area contributed by atoms with Crippen molar-refractivity contribution in [2.24, 2.45) is 33.5 Å². The molecule has 7 nitrogen and oxygen atoms in total. The molecule has 0 radical (unpaired) electrons. The Labute approximate surface area is 220 Å². The van der Waals surface area contributed by atoms with Gasteiger partial charge in [0, 0.05) is 33.8 Å². The smallest absolute Gasteiger partial charge is 0.326 e. The molecule has 2 aliphatic heterocycles. The topological polar surface area (TPSA) is 104 Å². The van der Waals surface area contributed by atoms with Crippen LogP contribution in [0.4, 0.5) is 0 Å². The maximum Gasteiger partial charge on any atom is 0.326 e. The van der Waals surface area contributed by atoms with Gasteiger partial charge in [0.15, 0.2) is 5.78 Å². The first-order chi connectivity index (χ1) is 17.7. The Bertz CT molecular complexity index is 1360. The van der Waals surface area contributed by atoms with Crippen LogP contribution in [-0.4, -0.2) is 29.3 Å². The average Bonchev–Trinajstić information content (AvgIpc) is 3.73. The fourth-order valence-corrected chi connectivity index (χ4v) is 6.90. The summed E-state index contributed by atoms with van der Waals surface area (Å²) in [7, 11) is 0. The van der Waals surface area contributed by atoms with Gasteiger partial charge in [0.05, 0.1) is 11.8 Å². The number of ketones is 3. The number of hydrogen-bond donors (Lipinski definition) is 0. The Morgan fingerprint density at radius 1 is 0.632 bits per heavy atom. The van der Waals surface area contributed by atoms with E-state index in [0.717, 1.165) is 0 Å². The Hall–Kier alpha value is -3.61. The molecule has 4 aliphatic rings. The minimum Gasteiger partial charge on any atom is -0.425 e. The molecule has 2 saturated carbocycles. The van der Waals surface area contributed by atoms with E-state index in [9.17, 15) is 24.0 Å². The van der Waals surface area contributed by atoms with Crippen molar-refractivity contribution in [2.75, 3.05) is 0 Å². The van der Waals surface area contributed by atoms with Gasteiger partial charge in [0.1, 0.15) is 33.9 Å². The lowest BCUT2D eigenvalue weighted by molar-refractivity contribution is -0.158. The van der Waals surface area contributed by atoms with Gasteiger partial charge in [-0.3, -0.25) is 24.0 Å². The molecule has 0 N–H and O–H groups in total. The molecule has 0 aromatic heterocycles. The number of para-hydroxylation sites is 2. The van der Waals surface area contributed by atoms with E-state index in [-0.39, 0.29) is 11.6 Å². The van der Waals surface area contributed by atoms with E-state index >= 15 is 0 Å². The molecule has 2 aromatic carbocycles. The van der Waals surface area contributed by atoms with Crippen LogP contribution in [-0.2, 0) is 24.0 Å². The molecule has 7 heteroatoms. The Morgan fingerprint density at radius 3 is 1.32 bits per heavy atom. The van der Waals surface area contributed by atoms with Crippen LogP contribution in [0.2, 0.25) is 0 Å². The number of fused-ring (bicyclic) bond motifs is 6. The molecule has 2 aliphatic carbocycles. The van der Waals surface area contributed by atoms with Crippen molar-refractivity contribution in [2.45, 2.75) is 53.4 Å². The van der Waals surface area contributed by atoms with Crippen molar-refractivity contribution in [1.29, 1.82) is 0 Å². The van der Waals surface area contributed by atoms with E-state index in [4.69, 9.17) is 9.47 Å². The quantitative estimate of drug-likeness (QED) is 0.338. The number of benzene rings is 2. The summed E-state index contributed by atoms with van der Waals surface area (Å²) in [5.74, 6) is -5.89. The summed E-state index contributed by atoms with van der Waals surface area (Å²) < 4.78 is 11.4. The summed E-state index contributed by atoms with van der Waals surface area (Å²) in [5.41, 5.74) is -4.33. The molecule has 0 saturated heterocycles. The van der Waals surface area contributed by atoms with Crippen LogP contribution in [0.3, 0.4) is 0 Å². The van der Waals surface area contributed by atoms with E-state index < -0.39 is 63.1 Å². The third-order valence-corrected chi connectivity index (χ3v) is 8.79. The van der Waals surface area contributed by atoms with E-state index in [1.165, 1.54) is 0 Å². The van der Waals surface area contributed by atoms with Gasteiger partial charge in [0.25, 0.3) is 0 Å². The highest BCUT2D eigenvalue weighted by Crippen LogP contribution is 2.79. The molecule has 6 atom stereocenters. The van der Waals surface area contributed by atoms with Crippen molar-refractivity contribution in [3.8, 4) is 11.5 Å². The molecule has 0 amide bonds. The molecule has 2 aromatic rings. The standard InChI is InChI=1S/C31H30O7/c1-28(2,3)23(32)21-19-15-11-7-9-13-17(15)37-26(35)30(19,21)25(34)31-20(22(31)24(33)29(4,5)6)16-12-8-10-14-18(16)38-27(31)36/h7-14,19-22H,1-6H3/t19-,20+,21-,22-,30-,31-/m0/s1. The molecule has 196 valence electrons. The largest absolute Gasteiger partial charge is 0.425 e. The first-order valence-electron chi connectivity index (χ1n) is 13.0. The molecular weight excluding hydrogens is 484 g/mol. The second-order valence-electron chi connectivity index (χ2n) is 13.1. The maximum absolute atomic E-state index is 14.9. The predicted molar refractivity (Wildman–Crippen MR) is 135 cm³/mol. The van der Waals surface area contributed by atoms with Crippen LogP contribution in [0.15, 0.2) is 48.5 Å². The number of esters is 2. The van der Waals surface area contributed by atoms with Gasteiger partial charge < -0.3 is 9.47 Å². The minimum absolute atomic E-state index is 0.263. The maximum atomic E-state index is 14.9. The first-order valence-corrected chi connectivity index (χ1v) is 13.0. The van der Waals surface area contributed by atoms with Gasteiger partial charge in [-0.05, 0) is 12.1 Å². The molecule has 2 heterocycles. The van der Waals surface area contributed by atoms with Gasteiger partial charge in [-0.1, -0.05) is 77.9 Å². The molecule has 0 bridgehead atoms. The summed E-state index contributed by atoms with van der Waals surface area (Å²) in [6.07, 6.45) is 0. The lowest BCUT2D eigenvalue weighted by atomic mass is 9.76. The summed E-state index contributed by atoms with van der Waals surface area (Å²) in [6.45, 7) is 10.4. The van der Waals surface area contributed by atoms with Gasteiger partial charge in [-0.15, -0.1) is 0 Å². The fraction of sp³-hybridized carbons (Fsp3) is 0.452. The van der Waals surface area contributed by atoms with Crippen molar-refractivity contribution >= 4 is 29.3 Å². The summed E-state index contributed by atoms with van der Waals surface area (Å²) in [6, 6.07) is 13.7. The Balaban J connectivity index is 1.56. The molecular formula is C31H30O7. The van der Waals surface area contributed by atoms with Crippen molar-refractivity contribution in [3.05, 3.63) is 59.7 Å². The second-order valence-corrected chi connectivity index (χ2v) is 13.1. The van der Waals surface area contributed by atoms with Crippen LogP contribution in [0.25, 0.3) is 0 Å². The zero-order valence-corrected chi connectivity index (χ0v) is 22.3. The highest BCUT2D eigenvalue weighted by atomic mass is 16.5. The van der Waals surface area contributed by atoms with Crippen LogP contribution >= 0.6 is 0 Å².